The molecule has 1 rings (SSSR count). The second kappa shape index (κ2) is 10.4. The zero-order valence-corrected chi connectivity index (χ0v) is 16.0. The summed E-state index contributed by atoms with van der Waals surface area (Å²) < 4.78 is 0. The number of hydrogen-bond donors (Lipinski definition) is 3. The molecule has 0 spiro atoms. The number of carbonyl (C=O) groups excluding carboxylic acids is 1. The molecule has 0 aliphatic carbocycles. The summed E-state index contributed by atoms with van der Waals surface area (Å²) in [4.78, 5) is 16.2. The summed E-state index contributed by atoms with van der Waals surface area (Å²) >= 11 is 0. The van der Waals surface area contributed by atoms with E-state index in [1.807, 2.05) is 52.0 Å². The average molecular weight is 418 g/mol. The smallest absolute Gasteiger partial charge is 0.227 e. The predicted molar refractivity (Wildman–Crippen MR) is 104 cm³/mol. The number of guanidine groups is 1. The number of anilines is 1. The average Bonchev–Trinajstić information content (AvgIpc) is 2.44. The quantitative estimate of drug-likeness (QED) is 0.377. The summed E-state index contributed by atoms with van der Waals surface area (Å²) in [7, 11) is 0. The van der Waals surface area contributed by atoms with Gasteiger partial charge in [-0.2, -0.15) is 0 Å². The van der Waals surface area contributed by atoms with Crippen LogP contribution >= 0.6 is 24.0 Å². The minimum Gasteiger partial charge on any atom is -0.370 e. The molecule has 0 aliphatic heterocycles. The zero-order chi connectivity index (χ0) is 15.8. The molecular formula is C16H27IN4O. The van der Waals surface area contributed by atoms with Crippen molar-refractivity contribution >= 4 is 41.5 Å². The molecule has 4 N–H and O–H groups in total. The van der Waals surface area contributed by atoms with Crippen LogP contribution in [0, 0.1) is 5.92 Å². The van der Waals surface area contributed by atoms with Crippen molar-refractivity contribution in [1.82, 2.24) is 5.32 Å². The van der Waals surface area contributed by atoms with Crippen molar-refractivity contribution < 1.29 is 4.79 Å². The van der Waals surface area contributed by atoms with Gasteiger partial charge in [-0.25, -0.2) is 4.99 Å². The molecule has 1 amide bonds. The molecule has 1 aromatic rings. The molecule has 1 atom stereocenters. The van der Waals surface area contributed by atoms with Crippen LogP contribution in [0.5, 0.6) is 0 Å². The van der Waals surface area contributed by atoms with Gasteiger partial charge in [0, 0.05) is 17.6 Å². The van der Waals surface area contributed by atoms with Crippen molar-refractivity contribution in [2.24, 2.45) is 16.6 Å². The fraction of sp³-hybridized carbons (Fsp3) is 0.500. The molecule has 0 fully saturated rings. The molecule has 0 aliphatic rings. The number of nitrogens with two attached hydrogens (primary N) is 1. The summed E-state index contributed by atoms with van der Waals surface area (Å²) in [5.74, 6) is 0.482. The molecule has 1 aromatic carbocycles. The van der Waals surface area contributed by atoms with Gasteiger partial charge < -0.3 is 16.4 Å². The van der Waals surface area contributed by atoms with Crippen molar-refractivity contribution in [3.63, 3.8) is 0 Å². The van der Waals surface area contributed by atoms with Crippen LogP contribution in [-0.4, -0.2) is 17.9 Å². The molecule has 0 aromatic heterocycles. The van der Waals surface area contributed by atoms with Gasteiger partial charge in [-0.15, -0.1) is 24.0 Å². The predicted octanol–water partition coefficient (Wildman–Crippen LogP) is 3.10. The highest BCUT2D eigenvalue weighted by Crippen LogP contribution is 2.13. The second-order valence-electron chi connectivity index (χ2n) is 5.50. The van der Waals surface area contributed by atoms with E-state index in [1.165, 1.54) is 0 Å². The van der Waals surface area contributed by atoms with Gasteiger partial charge in [0.1, 0.15) is 0 Å². The molecule has 22 heavy (non-hydrogen) atoms. The molecular weight excluding hydrogens is 391 g/mol. The lowest BCUT2D eigenvalue weighted by Gasteiger charge is -2.11. The Morgan fingerprint density at radius 3 is 2.59 bits per heavy atom. The van der Waals surface area contributed by atoms with Crippen LogP contribution in [0.4, 0.5) is 5.69 Å². The Kier molecular flexibility index (Phi) is 9.80. The molecule has 1 unspecified atom stereocenters. The van der Waals surface area contributed by atoms with E-state index in [9.17, 15) is 4.79 Å². The van der Waals surface area contributed by atoms with Gasteiger partial charge in [0.15, 0.2) is 5.96 Å². The molecule has 0 radical (unpaired) electrons. The van der Waals surface area contributed by atoms with Crippen LogP contribution in [0.2, 0.25) is 0 Å². The second-order valence-corrected chi connectivity index (χ2v) is 5.50. The third-order valence-corrected chi connectivity index (χ3v) is 3.12. The molecule has 0 saturated carbocycles. The van der Waals surface area contributed by atoms with Gasteiger partial charge >= 0.3 is 0 Å². The van der Waals surface area contributed by atoms with Gasteiger partial charge in [-0.3, -0.25) is 4.79 Å². The standard InChI is InChI=1S/C16H26N4O.HI/c1-5-12(4)15(21)20-14-8-6-7-13(9-14)10-18-16(17)19-11(2)3;/h6-9,11-12H,5,10H2,1-4H3,(H,20,21)(H3,17,18,19);1H. The maximum Gasteiger partial charge on any atom is 0.227 e. The van der Waals surface area contributed by atoms with Gasteiger partial charge in [0.05, 0.1) is 6.54 Å². The molecule has 5 nitrogen and oxygen atoms in total. The number of hydrogen-bond acceptors (Lipinski definition) is 2. The van der Waals surface area contributed by atoms with E-state index < -0.39 is 0 Å². The summed E-state index contributed by atoms with van der Waals surface area (Å²) in [6, 6.07) is 7.93. The van der Waals surface area contributed by atoms with E-state index in [-0.39, 0.29) is 41.8 Å². The fourth-order valence-corrected chi connectivity index (χ4v) is 1.72. The van der Waals surface area contributed by atoms with Crippen molar-refractivity contribution in [2.45, 2.75) is 46.7 Å². The third kappa shape index (κ3) is 7.63. The first-order valence-electron chi connectivity index (χ1n) is 7.38. The lowest BCUT2D eigenvalue weighted by molar-refractivity contribution is -0.119. The lowest BCUT2D eigenvalue weighted by Crippen LogP contribution is -2.36. The number of rotatable bonds is 6. The molecule has 6 heteroatoms. The minimum absolute atomic E-state index is 0. The largest absolute Gasteiger partial charge is 0.370 e. The van der Waals surface area contributed by atoms with Crippen LogP contribution < -0.4 is 16.4 Å². The first-order valence-corrected chi connectivity index (χ1v) is 7.38. The summed E-state index contributed by atoms with van der Waals surface area (Å²) in [5.41, 5.74) is 7.57. The maximum absolute atomic E-state index is 11.9. The van der Waals surface area contributed by atoms with Crippen molar-refractivity contribution in [3.05, 3.63) is 29.8 Å². The van der Waals surface area contributed by atoms with Crippen LogP contribution in [0.1, 0.15) is 39.7 Å². The number of nitrogens with zero attached hydrogens (tertiary/aromatic N) is 1. The monoisotopic (exact) mass is 418 g/mol. The third-order valence-electron chi connectivity index (χ3n) is 3.12. The number of benzene rings is 1. The number of aliphatic imine (C=N–C) groups is 1. The van der Waals surface area contributed by atoms with Crippen molar-refractivity contribution in [3.8, 4) is 0 Å². The highest BCUT2D eigenvalue weighted by Gasteiger charge is 2.10. The summed E-state index contributed by atoms with van der Waals surface area (Å²) in [6.07, 6.45) is 0.827. The van der Waals surface area contributed by atoms with Crippen molar-refractivity contribution in [2.75, 3.05) is 5.32 Å². The Bertz CT molecular complexity index is 503. The van der Waals surface area contributed by atoms with E-state index in [2.05, 4.69) is 15.6 Å². The Labute approximate surface area is 150 Å². The van der Waals surface area contributed by atoms with Crippen LogP contribution in [0.15, 0.2) is 29.3 Å². The summed E-state index contributed by atoms with van der Waals surface area (Å²) in [6.45, 7) is 8.42. The van der Waals surface area contributed by atoms with Gasteiger partial charge in [-0.05, 0) is 38.0 Å². The molecule has 0 saturated heterocycles. The van der Waals surface area contributed by atoms with E-state index in [0.717, 1.165) is 17.7 Å². The molecule has 0 heterocycles. The summed E-state index contributed by atoms with van der Waals surface area (Å²) in [5, 5.41) is 5.96. The zero-order valence-electron chi connectivity index (χ0n) is 13.7. The number of halogens is 1. The minimum atomic E-state index is 0. The highest BCUT2D eigenvalue weighted by molar-refractivity contribution is 14.0. The van der Waals surface area contributed by atoms with Crippen LogP contribution in [-0.2, 0) is 11.3 Å². The van der Waals surface area contributed by atoms with Crippen molar-refractivity contribution in [1.29, 1.82) is 0 Å². The SMILES string of the molecule is CCC(C)C(=O)Nc1cccc(CN=C(N)NC(C)C)c1.I. The fourth-order valence-electron chi connectivity index (χ4n) is 1.72. The highest BCUT2D eigenvalue weighted by atomic mass is 127. The van der Waals surface area contributed by atoms with E-state index in [1.54, 1.807) is 0 Å². The molecule has 0 bridgehead atoms. The Balaban J connectivity index is 0.00000441. The number of nitrogens with one attached hydrogen (secondary N) is 2. The lowest BCUT2D eigenvalue weighted by atomic mass is 10.1. The maximum atomic E-state index is 11.9. The van der Waals surface area contributed by atoms with E-state index in [4.69, 9.17) is 5.73 Å². The topological polar surface area (TPSA) is 79.5 Å². The van der Waals surface area contributed by atoms with Gasteiger partial charge in [0.25, 0.3) is 0 Å². The molecule has 124 valence electrons. The van der Waals surface area contributed by atoms with E-state index in [0.29, 0.717) is 12.5 Å². The van der Waals surface area contributed by atoms with E-state index >= 15 is 0 Å². The van der Waals surface area contributed by atoms with Crippen LogP contribution in [0.25, 0.3) is 0 Å². The van der Waals surface area contributed by atoms with Crippen LogP contribution in [0.3, 0.4) is 0 Å². The Morgan fingerprint density at radius 2 is 2.00 bits per heavy atom. The first-order chi connectivity index (χ1) is 9.92. The Morgan fingerprint density at radius 1 is 1.32 bits per heavy atom. The van der Waals surface area contributed by atoms with Gasteiger partial charge in [0.2, 0.25) is 5.91 Å². The number of carbonyl (C=O) groups is 1. The first kappa shape index (κ1) is 20.7. The normalized spacial score (nSPS) is 12.5. The Hall–Kier alpha value is -1.31. The van der Waals surface area contributed by atoms with Gasteiger partial charge in [-0.1, -0.05) is 26.0 Å². The number of amides is 1.